The molecule has 0 bridgehead atoms. The van der Waals surface area contributed by atoms with E-state index in [-0.39, 0.29) is 18.1 Å². The predicted molar refractivity (Wildman–Crippen MR) is 79.4 cm³/mol. The maximum absolute atomic E-state index is 12.2. The summed E-state index contributed by atoms with van der Waals surface area (Å²) in [6, 6.07) is 5.95. The number of hydrogen-bond donors (Lipinski definition) is 1. The lowest BCUT2D eigenvalue weighted by Crippen LogP contribution is -2.52. The Bertz CT molecular complexity index is 499. The van der Waals surface area contributed by atoms with E-state index in [4.69, 9.17) is 10.5 Å². The van der Waals surface area contributed by atoms with Gasteiger partial charge >= 0.3 is 0 Å². The number of ether oxygens (including phenoxy) is 1. The van der Waals surface area contributed by atoms with Crippen LogP contribution in [-0.2, 0) is 9.53 Å². The third-order valence-electron chi connectivity index (χ3n) is 3.89. The molecule has 1 aliphatic rings. The molecule has 0 saturated carbocycles. The number of carbonyl (C=O) groups is 1. The standard InChI is InChI=1S/C16H24N2O2/c1-10-5-6-11(2)14(7-10)15-8-18(12(3)9-20-15)16(19)13(4)17/h5-7,12-13,15H,8-9,17H2,1-4H3/t12-,13+,15+/m1/s1. The molecule has 4 heteroatoms. The molecule has 0 unspecified atom stereocenters. The van der Waals surface area contributed by atoms with Crippen LogP contribution in [0.15, 0.2) is 18.2 Å². The van der Waals surface area contributed by atoms with Crippen molar-refractivity contribution >= 4 is 5.91 Å². The fourth-order valence-electron chi connectivity index (χ4n) is 2.62. The molecule has 1 amide bonds. The number of amides is 1. The highest BCUT2D eigenvalue weighted by atomic mass is 16.5. The normalized spacial score (nSPS) is 24.6. The second-order valence-electron chi connectivity index (χ2n) is 5.81. The molecule has 0 aromatic heterocycles. The average Bonchev–Trinajstić information content (AvgIpc) is 2.41. The van der Waals surface area contributed by atoms with Crippen molar-refractivity contribution in [3.63, 3.8) is 0 Å². The molecule has 0 radical (unpaired) electrons. The van der Waals surface area contributed by atoms with E-state index in [1.807, 2.05) is 11.8 Å². The van der Waals surface area contributed by atoms with Gasteiger partial charge in [-0.25, -0.2) is 0 Å². The summed E-state index contributed by atoms with van der Waals surface area (Å²) in [5.74, 6) is -0.00361. The molecule has 1 fully saturated rings. The largest absolute Gasteiger partial charge is 0.370 e. The van der Waals surface area contributed by atoms with E-state index >= 15 is 0 Å². The molecule has 1 aromatic rings. The van der Waals surface area contributed by atoms with Crippen LogP contribution >= 0.6 is 0 Å². The number of nitrogens with two attached hydrogens (primary N) is 1. The van der Waals surface area contributed by atoms with Gasteiger partial charge < -0.3 is 15.4 Å². The molecule has 2 N–H and O–H groups in total. The van der Waals surface area contributed by atoms with Crippen LogP contribution in [0.25, 0.3) is 0 Å². The van der Waals surface area contributed by atoms with E-state index < -0.39 is 6.04 Å². The molecule has 1 heterocycles. The summed E-state index contributed by atoms with van der Waals surface area (Å²) in [6.07, 6.45) is -0.0613. The van der Waals surface area contributed by atoms with Crippen molar-refractivity contribution < 1.29 is 9.53 Å². The van der Waals surface area contributed by atoms with Crippen LogP contribution in [-0.4, -0.2) is 36.0 Å². The first-order valence-electron chi connectivity index (χ1n) is 7.15. The van der Waals surface area contributed by atoms with Crippen LogP contribution in [0.5, 0.6) is 0 Å². The zero-order valence-electron chi connectivity index (χ0n) is 12.7. The maximum Gasteiger partial charge on any atom is 0.239 e. The Morgan fingerprint density at radius 1 is 1.45 bits per heavy atom. The Morgan fingerprint density at radius 3 is 2.80 bits per heavy atom. The van der Waals surface area contributed by atoms with E-state index in [1.165, 1.54) is 16.7 Å². The summed E-state index contributed by atoms with van der Waals surface area (Å²) < 4.78 is 5.94. The summed E-state index contributed by atoms with van der Waals surface area (Å²) in [5.41, 5.74) is 9.31. The van der Waals surface area contributed by atoms with Crippen molar-refractivity contribution in [2.75, 3.05) is 13.2 Å². The van der Waals surface area contributed by atoms with Gasteiger partial charge in [0.1, 0.15) is 6.10 Å². The Hall–Kier alpha value is -1.39. The maximum atomic E-state index is 12.2. The first kappa shape index (κ1) is 15.0. The van der Waals surface area contributed by atoms with Crippen LogP contribution in [0, 0.1) is 13.8 Å². The number of hydrogen-bond acceptors (Lipinski definition) is 3. The number of carbonyl (C=O) groups excluding carboxylic acids is 1. The van der Waals surface area contributed by atoms with Gasteiger partial charge in [-0.2, -0.15) is 0 Å². The van der Waals surface area contributed by atoms with Crippen molar-refractivity contribution in [1.82, 2.24) is 4.90 Å². The van der Waals surface area contributed by atoms with E-state index in [0.29, 0.717) is 13.2 Å². The molecular formula is C16H24N2O2. The van der Waals surface area contributed by atoms with E-state index in [1.54, 1.807) is 6.92 Å². The monoisotopic (exact) mass is 276 g/mol. The summed E-state index contributed by atoms with van der Waals surface area (Å²) >= 11 is 0. The Kier molecular flexibility index (Phi) is 4.45. The third kappa shape index (κ3) is 3.02. The highest BCUT2D eigenvalue weighted by molar-refractivity contribution is 5.81. The van der Waals surface area contributed by atoms with Gasteiger partial charge in [0, 0.05) is 0 Å². The van der Waals surface area contributed by atoms with Crippen LogP contribution in [0.4, 0.5) is 0 Å². The fourth-order valence-corrected chi connectivity index (χ4v) is 2.62. The average molecular weight is 276 g/mol. The molecule has 1 saturated heterocycles. The second kappa shape index (κ2) is 5.94. The van der Waals surface area contributed by atoms with Crippen LogP contribution in [0.1, 0.15) is 36.6 Å². The Balaban J connectivity index is 2.22. The molecule has 0 aliphatic carbocycles. The molecule has 1 aromatic carbocycles. The summed E-state index contributed by atoms with van der Waals surface area (Å²) in [7, 11) is 0. The molecule has 2 rings (SSSR count). The number of nitrogens with zero attached hydrogens (tertiary/aromatic N) is 1. The molecule has 4 nitrogen and oxygen atoms in total. The van der Waals surface area contributed by atoms with E-state index in [9.17, 15) is 4.79 Å². The molecule has 110 valence electrons. The second-order valence-corrected chi connectivity index (χ2v) is 5.81. The van der Waals surface area contributed by atoms with Gasteiger partial charge in [-0.3, -0.25) is 4.79 Å². The highest BCUT2D eigenvalue weighted by Gasteiger charge is 2.32. The minimum absolute atomic E-state index is 0.00361. The topological polar surface area (TPSA) is 55.6 Å². The van der Waals surface area contributed by atoms with Crippen molar-refractivity contribution in [2.45, 2.75) is 45.9 Å². The molecule has 1 aliphatic heterocycles. The van der Waals surface area contributed by atoms with Crippen molar-refractivity contribution in [2.24, 2.45) is 5.73 Å². The van der Waals surface area contributed by atoms with Crippen molar-refractivity contribution in [3.8, 4) is 0 Å². The zero-order chi connectivity index (χ0) is 14.9. The summed E-state index contributed by atoms with van der Waals surface area (Å²) in [6.45, 7) is 9.01. The zero-order valence-corrected chi connectivity index (χ0v) is 12.7. The van der Waals surface area contributed by atoms with Gasteiger partial charge in [-0.1, -0.05) is 23.8 Å². The molecular weight excluding hydrogens is 252 g/mol. The SMILES string of the molecule is Cc1ccc(C)c([C@@H]2CN(C(=O)[C@H](C)N)[C@H](C)CO2)c1. The first-order valence-corrected chi connectivity index (χ1v) is 7.15. The number of benzene rings is 1. The number of morpholine rings is 1. The molecule has 0 spiro atoms. The van der Waals surface area contributed by atoms with Gasteiger partial charge in [0.05, 0.1) is 25.2 Å². The van der Waals surface area contributed by atoms with Crippen LogP contribution in [0.2, 0.25) is 0 Å². The van der Waals surface area contributed by atoms with Crippen molar-refractivity contribution in [1.29, 1.82) is 0 Å². The third-order valence-corrected chi connectivity index (χ3v) is 3.89. The minimum Gasteiger partial charge on any atom is -0.370 e. The number of rotatable bonds is 2. The predicted octanol–water partition coefficient (Wildman–Crippen LogP) is 1.94. The molecule has 3 atom stereocenters. The summed E-state index contributed by atoms with van der Waals surface area (Å²) in [4.78, 5) is 14.0. The molecule has 20 heavy (non-hydrogen) atoms. The fraction of sp³-hybridized carbons (Fsp3) is 0.562. The van der Waals surface area contributed by atoms with Gasteiger partial charge in [-0.15, -0.1) is 0 Å². The first-order chi connectivity index (χ1) is 9.40. The van der Waals surface area contributed by atoms with Crippen molar-refractivity contribution in [3.05, 3.63) is 34.9 Å². The lowest BCUT2D eigenvalue weighted by molar-refractivity contribution is -0.145. The van der Waals surface area contributed by atoms with E-state index in [0.717, 1.165) is 0 Å². The van der Waals surface area contributed by atoms with E-state index in [2.05, 4.69) is 32.0 Å². The Labute approximate surface area is 120 Å². The van der Waals surface area contributed by atoms with Gasteiger partial charge in [0.25, 0.3) is 0 Å². The van der Waals surface area contributed by atoms with Gasteiger partial charge in [-0.05, 0) is 38.8 Å². The van der Waals surface area contributed by atoms with Crippen LogP contribution in [0.3, 0.4) is 0 Å². The quantitative estimate of drug-likeness (QED) is 0.898. The highest BCUT2D eigenvalue weighted by Crippen LogP contribution is 2.28. The number of aryl methyl sites for hydroxylation is 2. The minimum atomic E-state index is -0.463. The van der Waals surface area contributed by atoms with Gasteiger partial charge in [0.2, 0.25) is 5.91 Å². The lowest BCUT2D eigenvalue weighted by atomic mass is 9.98. The summed E-state index contributed by atoms with van der Waals surface area (Å²) in [5, 5.41) is 0. The van der Waals surface area contributed by atoms with Crippen LogP contribution < -0.4 is 5.73 Å². The smallest absolute Gasteiger partial charge is 0.239 e. The Morgan fingerprint density at radius 2 is 2.15 bits per heavy atom. The lowest BCUT2D eigenvalue weighted by Gasteiger charge is -2.39. The van der Waals surface area contributed by atoms with Gasteiger partial charge in [0.15, 0.2) is 0 Å².